The van der Waals surface area contributed by atoms with Gasteiger partial charge in [0.1, 0.15) is 5.75 Å². The summed E-state index contributed by atoms with van der Waals surface area (Å²) in [5.74, 6) is 0.918. The summed E-state index contributed by atoms with van der Waals surface area (Å²) in [5, 5.41) is 4.19. The van der Waals surface area contributed by atoms with Crippen LogP contribution in [0.4, 0.5) is 0 Å². The van der Waals surface area contributed by atoms with E-state index in [0.29, 0.717) is 0 Å². The molecule has 0 aliphatic carbocycles. The normalized spacial score (nSPS) is 16.5. The molecule has 20 heavy (non-hydrogen) atoms. The monoisotopic (exact) mass is 287 g/mol. The number of halogens is 1. The van der Waals surface area contributed by atoms with Gasteiger partial charge < -0.3 is 10.1 Å². The van der Waals surface area contributed by atoms with Crippen molar-refractivity contribution in [2.45, 2.75) is 11.8 Å². The molecule has 0 spiro atoms. The van der Waals surface area contributed by atoms with E-state index in [1.807, 2.05) is 18.2 Å². The van der Waals surface area contributed by atoms with Crippen LogP contribution < -0.4 is 10.1 Å². The number of hydrogen-bond donors (Lipinski definition) is 1. The Bertz CT molecular complexity index is 590. The molecular weight excluding hydrogens is 270 g/mol. The molecule has 3 heteroatoms. The Hall–Kier alpha value is -1.51. The summed E-state index contributed by atoms with van der Waals surface area (Å²) in [5.41, 5.74) is 2.83. The van der Waals surface area contributed by atoms with E-state index >= 15 is 0 Å². The number of rotatable bonds is 4. The van der Waals surface area contributed by atoms with E-state index in [9.17, 15) is 0 Å². The summed E-state index contributed by atoms with van der Waals surface area (Å²) < 4.78 is 5.31. The van der Waals surface area contributed by atoms with Gasteiger partial charge in [0.15, 0.2) is 0 Å². The van der Waals surface area contributed by atoms with Crippen LogP contribution in [0.2, 0.25) is 5.02 Å². The van der Waals surface area contributed by atoms with Gasteiger partial charge in [0.2, 0.25) is 0 Å². The van der Waals surface area contributed by atoms with E-state index in [0.717, 1.165) is 30.3 Å². The van der Waals surface area contributed by atoms with Crippen LogP contribution in [0.3, 0.4) is 0 Å². The van der Waals surface area contributed by atoms with E-state index in [1.54, 1.807) is 7.11 Å². The zero-order chi connectivity index (χ0) is 14.0. The third kappa shape index (κ3) is 2.54. The van der Waals surface area contributed by atoms with Gasteiger partial charge in [-0.05, 0) is 41.8 Å². The van der Waals surface area contributed by atoms with E-state index < -0.39 is 0 Å². The van der Waals surface area contributed by atoms with Gasteiger partial charge in [0.25, 0.3) is 0 Å². The zero-order valence-electron chi connectivity index (χ0n) is 11.5. The standard InChI is InChI=1S/C17H18ClNO/c1-20-16-4-2-3-13(9-16)10-17(11-19-12-17)14-5-7-15(18)8-6-14/h2-9,19H,10-12H2,1H3. The van der Waals surface area contributed by atoms with Gasteiger partial charge in [-0.1, -0.05) is 35.9 Å². The quantitative estimate of drug-likeness (QED) is 0.930. The molecule has 3 rings (SSSR count). The molecule has 1 aliphatic rings. The Morgan fingerprint density at radius 3 is 2.50 bits per heavy atom. The Kier molecular flexibility index (Phi) is 3.68. The number of ether oxygens (including phenoxy) is 1. The van der Waals surface area contributed by atoms with Gasteiger partial charge >= 0.3 is 0 Å². The lowest BCUT2D eigenvalue weighted by Gasteiger charge is -2.43. The molecule has 0 aromatic heterocycles. The van der Waals surface area contributed by atoms with Gasteiger partial charge in [-0.25, -0.2) is 0 Å². The maximum absolute atomic E-state index is 5.99. The minimum atomic E-state index is 0.178. The van der Waals surface area contributed by atoms with Crippen molar-refractivity contribution < 1.29 is 4.74 Å². The molecule has 0 atom stereocenters. The van der Waals surface area contributed by atoms with Crippen LogP contribution in [0.15, 0.2) is 48.5 Å². The highest BCUT2D eigenvalue weighted by Crippen LogP contribution is 2.33. The number of benzene rings is 2. The van der Waals surface area contributed by atoms with Crippen LogP contribution in [0.25, 0.3) is 0 Å². The Morgan fingerprint density at radius 1 is 1.15 bits per heavy atom. The van der Waals surface area contributed by atoms with E-state index in [1.165, 1.54) is 11.1 Å². The van der Waals surface area contributed by atoms with Crippen LogP contribution in [-0.2, 0) is 11.8 Å². The van der Waals surface area contributed by atoms with E-state index in [4.69, 9.17) is 16.3 Å². The molecular formula is C17H18ClNO. The average molecular weight is 288 g/mol. The molecule has 1 N–H and O–H groups in total. The summed E-state index contributed by atoms with van der Waals surface area (Å²) in [7, 11) is 1.71. The van der Waals surface area contributed by atoms with Crippen molar-refractivity contribution in [3.05, 3.63) is 64.7 Å². The summed E-state index contributed by atoms with van der Waals surface area (Å²) in [6, 6.07) is 16.6. The second-order valence-electron chi connectivity index (χ2n) is 5.42. The molecule has 0 unspecified atom stereocenters. The van der Waals surface area contributed by atoms with E-state index in [2.05, 4.69) is 35.6 Å². The molecule has 2 aromatic rings. The molecule has 0 bridgehead atoms. The second-order valence-corrected chi connectivity index (χ2v) is 5.86. The molecule has 1 fully saturated rings. The smallest absolute Gasteiger partial charge is 0.119 e. The highest BCUT2D eigenvalue weighted by molar-refractivity contribution is 6.30. The lowest BCUT2D eigenvalue weighted by atomic mass is 9.71. The van der Waals surface area contributed by atoms with Crippen molar-refractivity contribution in [3.8, 4) is 5.75 Å². The van der Waals surface area contributed by atoms with Crippen molar-refractivity contribution in [2.24, 2.45) is 0 Å². The fourth-order valence-corrected chi connectivity index (χ4v) is 2.96. The van der Waals surface area contributed by atoms with E-state index in [-0.39, 0.29) is 5.41 Å². The summed E-state index contributed by atoms with van der Waals surface area (Å²) in [6.45, 7) is 2.01. The van der Waals surface area contributed by atoms with Gasteiger partial charge in [-0.15, -0.1) is 0 Å². The van der Waals surface area contributed by atoms with Gasteiger partial charge in [-0.2, -0.15) is 0 Å². The maximum Gasteiger partial charge on any atom is 0.119 e. The number of hydrogen-bond acceptors (Lipinski definition) is 2. The number of methoxy groups -OCH3 is 1. The lowest BCUT2D eigenvalue weighted by molar-refractivity contribution is 0.274. The Balaban J connectivity index is 1.87. The lowest BCUT2D eigenvalue weighted by Crippen LogP contribution is -2.58. The molecule has 104 valence electrons. The molecule has 2 aromatic carbocycles. The molecule has 2 nitrogen and oxygen atoms in total. The highest BCUT2D eigenvalue weighted by atomic mass is 35.5. The largest absolute Gasteiger partial charge is 0.497 e. The Morgan fingerprint density at radius 2 is 1.90 bits per heavy atom. The Labute approximate surface area is 124 Å². The minimum absolute atomic E-state index is 0.178. The molecule has 0 amide bonds. The van der Waals surface area contributed by atoms with Crippen LogP contribution in [0, 0.1) is 0 Å². The van der Waals surface area contributed by atoms with Gasteiger partial charge in [0.05, 0.1) is 7.11 Å². The molecule has 1 heterocycles. The van der Waals surface area contributed by atoms with Crippen molar-refractivity contribution in [1.82, 2.24) is 5.32 Å². The molecule has 0 saturated carbocycles. The molecule has 0 radical (unpaired) electrons. The molecule has 1 saturated heterocycles. The van der Waals surface area contributed by atoms with Crippen LogP contribution >= 0.6 is 11.6 Å². The third-order valence-electron chi connectivity index (χ3n) is 4.06. The van der Waals surface area contributed by atoms with Crippen molar-refractivity contribution in [2.75, 3.05) is 20.2 Å². The van der Waals surface area contributed by atoms with Crippen LogP contribution in [0.5, 0.6) is 5.75 Å². The minimum Gasteiger partial charge on any atom is -0.497 e. The van der Waals surface area contributed by atoms with Crippen molar-refractivity contribution in [3.63, 3.8) is 0 Å². The predicted molar refractivity (Wildman–Crippen MR) is 82.7 cm³/mol. The van der Waals surface area contributed by atoms with Crippen molar-refractivity contribution in [1.29, 1.82) is 0 Å². The SMILES string of the molecule is COc1cccc(CC2(c3ccc(Cl)cc3)CNC2)c1. The summed E-state index contributed by atoms with van der Waals surface area (Å²) in [6.07, 6.45) is 1.01. The summed E-state index contributed by atoms with van der Waals surface area (Å²) >= 11 is 5.99. The first-order valence-electron chi connectivity index (χ1n) is 6.82. The first kappa shape index (κ1) is 13.5. The maximum atomic E-state index is 5.99. The van der Waals surface area contributed by atoms with Crippen LogP contribution in [-0.4, -0.2) is 20.2 Å². The summed E-state index contributed by atoms with van der Waals surface area (Å²) in [4.78, 5) is 0. The third-order valence-corrected chi connectivity index (χ3v) is 4.31. The second kappa shape index (κ2) is 5.47. The first-order chi connectivity index (χ1) is 9.72. The zero-order valence-corrected chi connectivity index (χ0v) is 12.3. The fourth-order valence-electron chi connectivity index (χ4n) is 2.83. The highest BCUT2D eigenvalue weighted by Gasteiger charge is 2.38. The fraction of sp³-hybridized carbons (Fsp3) is 0.294. The van der Waals surface area contributed by atoms with Crippen LogP contribution in [0.1, 0.15) is 11.1 Å². The number of nitrogens with one attached hydrogen (secondary N) is 1. The predicted octanol–water partition coefficient (Wildman–Crippen LogP) is 3.43. The van der Waals surface area contributed by atoms with Gasteiger partial charge in [-0.3, -0.25) is 0 Å². The topological polar surface area (TPSA) is 21.3 Å². The van der Waals surface area contributed by atoms with Crippen molar-refractivity contribution >= 4 is 11.6 Å². The molecule has 1 aliphatic heterocycles. The first-order valence-corrected chi connectivity index (χ1v) is 7.19. The average Bonchev–Trinajstić information content (AvgIpc) is 2.44. The van der Waals surface area contributed by atoms with Gasteiger partial charge in [0, 0.05) is 23.5 Å².